The normalized spacial score (nSPS) is 21.2. The standard InChI is InChI=1S/C27H33N7O5/c1-2-37-21-6-3-12-29-25(21)39-20-5-4-14-34(17-20)23-16-28-15-22(31-23)32-27-30-13-11-24(33-27)38-19-9-7-18(8-10-19)26(35)36/h3,6,11-13,15-16,18-20H,2,4-5,7-10,14,17H2,1H3,(H,35,36)(H,30,31,32,33)/t18?,19?,20-/m1/s1. The monoisotopic (exact) mass is 535 g/mol. The van der Waals surface area contributed by atoms with E-state index in [0.29, 0.717) is 68.1 Å². The Bertz CT molecular complexity index is 1250. The van der Waals surface area contributed by atoms with E-state index < -0.39 is 5.97 Å². The number of anilines is 3. The molecule has 4 heterocycles. The van der Waals surface area contributed by atoms with Crippen molar-refractivity contribution in [3.8, 4) is 17.5 Å². The first-order chi connectivity index (χ1) is 19.1. The van der Waals surface area contributed by atoms with Gasteiger partial charge in [0.2, 0.25) is 11.8 Å². The number of carboxylic acids is 1. The van der Waals surface area contributed by atoms with E-state index in [1.165, 1.54) is 0 Å². The molecule has 0 spiro atoms. The molecule has 0 amide bonds. The van der Waals surface area contributed by atoms with E-state index >= 15 is 0 Å². The maximum Gasteiger partial charge on any atom is 0.306 e. The van der Waals surface area contributed by atoms with Crippen LogP contribution in [0.2, 0.25) is 0 Å². The van der Waals surface area contributed by atoms with Gasteiger partial charge in [-0.05, 0) is 57.6 Å². The topological polar surface area (TPSA) is 145 Å². The Morgan fingerprint density at radius 3 is 2.74 bits per heavy atom. The highest BCUT2D eigenvalue weighted by molar-refractivity contribution is 5.70. The van der Waals surface area contributed by atoms with Gasteiger partial charge in [0, 0.05) is 25.0 Å². The summed E-state index contributed by atoms with van der Waals surface area (Å²) in [5.74, 6) is 2.14. The fraction of sp³-hybridized carbons (Fsp3) is 0.481. The Hall–Kier alpha value is -4.22. The van der Waals surface area contributed by atoms with Crippen molar-refractivity contribution in [2.45, 2.75) is 57.7 Å². The van der Waals surface area contributed by atoms with E-state index in [4.69, 9.17) is 19.2 Å². The van der Waals surface area contributed by atoms with Crippen LogP contribution in [0.25, 0.3) is 0 Å². The second kappa shape index (κ2) is 12.5. The molecule has 1 saturated heterocycles. The molecule has 1 atom stereocenters. The third kappa shape index (κ3) is 7.01. The lowest BCUT2D eigenvalue weighted by Gasteiger charge is -2.33. The summed E-state index contributed by atoms with van der Waals surface area (Å²) in [6.07, 6.45) is 11.0. The molecule has 12 heteroatoms. The average Bonchev–Trinajstić information content (AvgIpc) is 2.95. The largest absolute Gasteiger partial charge is 0.488 e. The van der Waals surface area contributed by atoms with Gasteiger partial charge >= 0.3 is 5.97 Å². The van der Waals surface area contributed by atoms with Crippen LogP contribution < -0.4 is 24.4 Å². The van der Waals surface area contributed by atoms with Crippen LogP contribution in [0.4, 0.5) is 17.6 Å². The Morgan fingerprint density at radius 2 is 1.92 bits per heavy atom. The number of rotatable bonds is 10. The summed E-state index contributed by atoms with van der Waals surface area (Å²) >= 11 is 0. The summed E-state index contributed by atoms with van der Waals surface area (Å²) in [6.45, 7) is 3.95. The fourth-order valence-electron chi connectivity index (χ4n) is 4.88. The van der Waals surface area contributed by atoms with Crippen LogP contribution in [0.5, 0.6) is 17.5 Å². The number of aliphatic carboxylic acids is 1. The number of ether oxygens (including phenoxy) is 3. The van der Waals surface area contributed by atoms with E-state index in [-0.39, 0.29) is 18.1 Å². The molecule has 3 aromatic rings. The van der Waals surface area contributed by atoms with Gasteiger partial charge in [-0.25, -0.2) is 15.0 Å². The molecule has 39 heavy (non-hydrogen) atoms. The quantitative estimate of drug-likeness (QED) is 0.389. The maximum absolute atomic E-state index is 11.2. The summed E-state index contributed by atoms with van der Waals surface area (Å²) in [7, 11) is 0. The van der Waals surface area contributed by atoms with E-state index in [9.17, 15) is 9.90 Å². The molecule has 5 rings (SSSR count). The summed E-state index contributed by atoms with van der Waals surface area (Å²) < 4.78 is 17.9. The van der Waals surface area contributed by atoms with Gasteiger partial charge in [0.05, 0.1) is 31.5 Å². The van der Waals surface area contributed by atoms with E-state index in [0.717, 1.165) is 25.2 Å². The van der Waals surface area contributed by atoms with Gasteiger partial charge in [-0.3, -0.25) is 9.78 Å². The summed E-state index contributed by atoms with van der Waals surface area (Å²) in [6, 6.07) is 5.39. The molecule has 12 nitrogen and oxygen atoms in total. The minimum Gasteiger partial charge on any atom is -0.488 e. The number of nitrogens with zero attached hydrogens (tertiary/aromatic N) is 6. The van der Waals surface area contributed by atoms with Gasteiger partial charge in [0.15, 0.2) is 11.6 Å². The highest BCUT2D eigenvalue weighted by atomic mass is 16.5. The number of carbonyl (C=O) groups is 1. The van der Waals surface area contributed by atoms with Gasteiger partial charge in [0.25, 0.3) is 5.88 Å². The van der Waals surface area contributed by atoms with Crippen LogP contribution in [0.3, 0.4) is 0 Å². The first-order valence-corrected chi connectivity index (χ1v) is 13.4. The minimum atomic E-state index is -0.734. The van der Waals surface area contributed by atoms with Crippen molar-refractivity contribution in [3.05, 3.63) is 43.0 Å². The van der Waals surface area contributed by atoms with Gasteiger partial charge < -0.3 is 29.5 Å². The fourth-order valence-corrected chi connectivity index (χ4v) is 4.88. The molecule has 2 N–H and O–H groups in total. The number of pyridine rings is 1. The van der Waals surface area contributed by atoms with Crippen molar-refractivity contribution >= 4 is 23.6 Å². The van der Waals surface area contributed by atoms with Crippen molar-refractivity contribution in [3.63, 3.8) is 0 Å². The minimum absolute atomic E-state index is 0.0589. The Morgan fingerprint density at radius 1 is 1.05 bits per heavy atom. The first kappa shape index (κ1) is 26.4. The number of hydrogen-bond donors (Lipinski definition) is 2. The molecular weight excluding hydrogens is 502 g/mol. The molecular formula is C27H33N7O5. The van der Waals surface area contributed by atoms with Crippen molar-refractivity contribution in [1.82, 2.24) is 24.9 Å². The third-order valence-corrected chi connectivity index (χ3v) is 6.82. The van der Waals surface area contributed by atoms with Crippen LogP contribution in [0.15, 0.2) is 43.0 Å². The van der Waals surface area contributed by atoms with E-state index in [1.54, 1.807) is 30.9 Å². The molecule has 1 aliphatic heterocycles. The number of piperidine rings is 1. The molecule has 2 aliphatic rings. The van der Waals surface area contributed by atoms with Crippen molar-refractivity contribution in [2.24, 2.45) is 5.92 Å². The highest BCUT2D eigenvalue weighted by Gasteiger charge is 2.27. The summed E-state index contributed by atoms with van der Waals surface area (Å²) in [4.78, 5) is 35.5. The zero-order valence-corrected chi connectivity index (χ0v) is 21.9. The lowest BCUT2D eigenvalue weighted by molar-refractivity contribution is -0.143. The van der Waals surface area contributed by atoms with Crippen molar-refractivity contribution in [1.29, 1.82) is 0 Å². The van der Waals surface area contributed by atoms with E-state index in [1.807, 2.05) is 19.1 Å². The van der Waals surface area contributed by atoms with Crippen LogP contribution in [-0.4, -0.2) is 67.9 Å². The number of carboxylic acid groups (broad SMARTS) is 1. The molecule has 0 radical (unpaired) electrons. The molecule has 2 fully saturated rings. The maximum atomic E-state index is 11.2. The third-order valence-electron chi connectivity index (χ3n) is 6.82. The summed E-state index contributed by atoms with van der Waals surface area (Å²) in [5, 5.41) is 12.3. The predicted octanol–water partition coefficient (Wildman–Crippen LogP) is 3.87. The van der Waals surface area contributed by atoms with Crippen LogP contribution in [0, 0.1) is 5.92 Å². The Labute approximate surface area is 226 Å². The SMILES string of the molecule is CCOc1cccnc1O[C@@H]1CCCN(c2cncc(Nc3nccc(OC4CCC(C(=O)O)CC4)n3)n2)C1. The number of aromatic nitrogens is 5. The average molecular weight is 536 g/mol. The van der Waals surface area contributed by atoms with Gasteiger partial charge in [-0.1, -0.05) is 0 Å². The summed E-state index contributed by atoms with van der Waals surface area (Å²) in [5.41, 5.74) is 0. The Balaban J connectivity index is 1.19. The number of nitrogens with one attached hydrogen (secondary N) is 1. The lowest BCUT2D eigenvalue weighted by Crippen LogP contribution is -2.41. The zero-order valence-electron chi connectivity index (χ0n) is 21.9. The van der Waals surface area contributed by atoms with Crippen molar-refractivity contribution < 1.29 is 24.1 Å². The predicted molar refractivity (Wildman–Crippen MR) is 143 cm³/mol. The van der Waals surface area contributed by atoms with Crippen LogP contribution in [0.1, 0.15) is 45.4 Å². The zero-order chi connectivity index (χ0) is 27.0. The smallest absolute Gasteiger partial charge is 0.306 e. The second-order valence-corrected chi connectivity index (χ2v) is 9.60. The van der Waals surface area contributed by atoms with Gasteiger partial charge in [-0.15, -0.1) is 0 Å². The molecule has 1 aliphatic carbocycles. The highest BCUT2D eigenvalue weighted by Crippen LogP contribution is 2.29. The molecule has 206 valence electrons. The first-order valence-electron chi connectivity index (χ1n) is 13.4. The molecule has 1 saturated carbocycles. The van der Waals surface area contributed by atoms with Crippen LogP contribution in [-0.2, 0) is 4.79 Å². The van der Waals surface area contributed by atoms with Crippen molar-refractivity contribution in [2.75, 3.05) is 29.9 Å². The molecule has 0 unspecified atom stereocenters. The van der Waals surface area contributed by atoms with Crippen LogP contribution >= 0.6 is 0 Å². The van der Waals surface area contributed by atoms with Gasteiger partial charge in [-0.2, -0.15) is 4.98 Å². The lowest BCUT2D eigenvalue weighted by atomic mass is 9.87. The van der Waals surface area contributed by atoms with E-state index in [2.05, 4.69) is 30.2 Å². The number of hydrogen-bond acceptors (Lipinski definition) is 11. The second-order valence-electron chi connectivity index (χ2n) is 9.60. The van der Waals surface area contributed by atoms with Gasteiger partial charge in [0.1, 0.15) is 18.0 Å². The molecule has 3 aromatic heterocycles. The molecule has 0 aromatic carbocycles. The molecule has 0 bridgehead atoms. The Kier molecular flexibility index (Phi) is 8.49.